The number of nitrogens with zero attached hydrogens (tertiary/aromatic N) is 3. The van der Waals surface area contributed by atoms with Gasteiger partial charge < -0.3 is 0 Å². The van der Waals surface area contributed by atoms with E-state index >= 15 is 0 Å². The van der Waals surface area contributed by atoms with Crippen LogP contribution in [0, 0.1) is 0 Å². The second-order valence-corrected chi connectivity index (χ2v) is 7.70. The van der Waals surface area contributed by atoms with E-state index in [1.165, 1.54) is 11.0 Å². The standard InChI is InChI=1S/C14H20N4O2S/c1-14(2,3)11-5-7-12(8-6-11)21(19,20)16-9-13-15-10-18(4)17-13/h5-8,10,16H,9H2,1-4H3. The summed E-state index contributed by atoms with van der Waals surface area (Å²) in [7, 11) is -1.82. The molecule has 21 heavy (non-hydrogen) atoms. The van der Waals surface area contributed by atoms with Crippen molar-refractivity contribution in [1.29, 1.82) is 0 Å². The van der Waals surface area contributed by atoms with Crippen molar-refractivity contribution in [1.82, 2.24) is 19.5 Å². The second-order valence-electron chi connectivity index (χ2n) is 5.93. The average Bonchev–Trinajstić information content (AvgIpc) is 2.82. The minimum Gasteiger partial charge on any atom is -0.256 e. The molecule has 1 heterocycles. The Labute approximate surface area is 125 Å². The summed E-state index contributed by atoms with van der Waals surface area (Å²) in [5, 5.41) is 4.03. The molecule has 114 valence electrons. The van der Waals surface area contributed by atoms with Crippen LogP contribution in [0.15, 0.2) is 35.5 Å². The van der Waals surface area contributed by atoms with Crippen molar-refractivity contribution in [2.75, 3.05) is 0 Å². The predicted molar refractivity (Wildman–Crippen MR) is 80.2 cm³/mol. The number of aryl methyl sites for hydroxylation is 1. The molecule has 1 aromatic heterocycles. The van der Waals surface area contributed by atoms with Crippen molar-refractivity contribution in [3.63, 3.8) is 0 Å². The summed E-state index contributed by atoms with van der Waals surface area (Å²) in [5.74, 6) is 0.437. The van der Waals surface area contributed by atoms with E-state index in [-0.39, 0.29) is 16.9 Å². The smallest absolute Gasteiger partial charge is 0.240 e. The van der Waals surface area contributed by atoms with Crippen molar-refractivity contribution in [2.45, 2.75) is 37.6 Å². The molecule has 0 aliphatic rings. The molecule has 0 aliphatic heterocycles. The Balaban J connectivity index is 2.12. The number of nitrogens with one attached hydrogen (secondary N) is 1. The van der Waals surface area contributed by atoms with Gasteiger partial charge in [0.15, 0.2) is 5.82 Å². The van der Waals surface area contributed by atoms with Gasteiger partial charge in [0.1, 0.15) is 6.33 Å². The first kappa shape index (κ1) is 15.7. The molecule has 2 aromatic rings. The normalized spacial score (nSPS) is 12.6. The zero-order chi connectivity index (χ0) is 15.7. The van der Waals surface area contributed by atoms with E-state index in [9.17, 15) is 8.42 Å². The Kier molecular flexibility index (Phi) is 4.15. The Bertz CT molecular complexity index is 712. The molecule has 6 nitrogen and oxygen atoms in total. The monoisotopic (exact) mass is 308 g/mol. The quantitative estimate of drug-likeness (QED) is 0.930. The van der Waals surface area contributed by atoms with Crippen LogP contribution >= 0.6 is 0 Å². The number of hydrogen-bond donors (Lipinski definition) is 1. The maximum absolute atomic E-state index is 12.2. The lowest BCUT2D eigenvalue weighted by Crippen LogP contribution is -2.24. The van der Waals surface area contributed by atoms with Crippen molar-refractivity contribution in [3.8, 4) is 0 Å². The summed E-state index contributed by atoms with van der Waals surface area (Å²) in [6.45, 7) is 6.33. The van der Waals surface area contributed by atoms with E-state index in [0.717, 1.165) is 5.56 Å². The van der Waals surface area contributed by atoms with Crippen molar-refractivity contribution in [2.24, 2.45) is 7.05 Å². The molecule has 0 bridgehead atoms. The number of aromatic nitrogens is 3. The van der Waals surface area contributed by atoms with E-state index in [2.05, 4.69) is 35.6 Å². The fourth-order valence-electron chi connectivity index (χ4n) is 1.84. The highest BCUT2D eigenvalue weighted by Gasteiger charge is 2.17. The Hall–Kier alpha value is -1.73. The largest absolute Gasteiger partial charge is 0.256 e. The van der Waals surface area contributed by atoms with Crippen molar-refractivity contribution < 1.29 is 8.42 Å². The van der Waals surface area contributed by atoms with E-state index in [0.29, 0.717) is 5.82 Å². The van der Waals surface area contributed by atoms with Crippen LogP contribution in [0.4, 0.5) is 0 Å². The third-order valence-electron chi connectivity index (χ3n) is 3.10. The van der Waals surface area contributed by atoms with Crippen molar-refractivity contribution in [3.05, 3.63) is 42.0 Å². The van der Waals surface area contributed by atoms with E-state index in [1.807, 2.05) is 12.1 Å². The summed E-state index contributed by atoms with van der Waals surface area (Å²) >= 11 is 0. The van der Waals surface area contributed by atoms with Gasteiger partial charge in [0, 0.05) is 7.05 Å². The molecule has 0 saturated carbocycles. The Morgan fingerprint density at radius 1 is 1.19 bits per heavy atom. The van der Waals surface area contributed by atoms with Gasteiger partial charge in [0.25, 0.3) is 0 Å². The summed E-state index contributed by atoms with van der Waals surface area (Å²) in [6, 6.07) is 6.92. The lowest BCUT2D eigenvalue weighted by molar-refractivity contribution is 0.576. The predicted octanol–water partition coefficient (Wildman–Crippen LogP) is 1.59. The topological polar surface area (TPSA) is 76.9 Å². The van der Waals surface area contributed by atoms with Gasteiger partial charge in [-0.2, -0.15) is 5.10 Å². The summed E-state index contributed by atoms with van der Waals surface area (Å²) in [5.41, 5.74) is 1.08. The first-order valence-electron chi connectivity index (χ1n) is 6.63. The Morgan fingerprint density at radius 2 is 1.81 bits per heavy atom. The molecule has 0 saturated heterocycles. The summed E-state index contributed by atoms with van der Waals surface area (Å²) < 4.78 is 28.4. The highest BCUT2D eigenvalue weighted by Crippen LogP contribution is 2.23. The molecule has 0 radical (unpaired) electrons. The minimum absolute atomic E-state index is 0.00635. The zero-order valence-electron chi connectivity index (χ0n) is 12.7. The number of rotatable bonds is 4. The van der Waals surface area contributed by atoms with Crippen LogP contribution in [-0.4, -0.2) is 23.2 Å². The maximum Gasteiger partial charge on any atom is 0.240 e. The number of hydrogen-bond acceptors (Lipinski definition) is 4. The SMILES string of the molecule is Cn1cnc(CNS(=O)(=O)c2ccc(C(C)(C)C)cc2)n1. The Morgan fingerprint density at radius 3 is 2.29 bits per heavy atom. The molecule has 0 atom stereocenters. The molecule has 0 fully saturated rings. The zero-order valence-corrected chi connectivity index (χ0v) is 13.5. The van der Waals surface area contributed by atoms with Gasteiger partial charge in [-0.05, 0) is 23.1 Å². The van der Waals surface area contributed by atoms with Crippen LogP contribution in [0.5, 0.6) is 0 Å². The van der Waals surface area contributed by atoms with Gasteiger partial charge in [0.2, 0.25) is 10.0 Å². The van der Waals surface area contributed by atoms with Crippen LogP contribution in [0.2, 0.25) is 0 Å². The lowest BCUT2D eigenvalue weighted by Gasteiger charge is -2.19. The molecular weight excluding hydrogens is 288 g/mol. The molecule has 7 heteroatoms. The fraction of sp³-hybridized carbons (Fsp3) is 0.429. The lowest BCUT2D eigenvalue weighted by atomic mass is 9.87. The van der Waals surface area contributed by atoms with Crippen LogP contribution < -0.4 is 4.72 Å². The van der Waals surface area contributed by atoms with Crippen LogP contribution in [0.25, 0.3) is 0 Å². The average molecular weight is 308 g/mol. The van der Waals surface area contributed by atoms with Gasteiger partial charge in [0.05, 0.1) is 11.4 Å². The maximum atomic E-state index is 12.2. The highest BCUT2D eigenvalue weighted by atomic mass is 32.2. The van der Waals surface area contributed by atoms with Gasteiger partial charge in [-0.25, -0.2) is 18.1 Å². The van der Waals surface area contributed by atoms with Gasteiger partial charge >= 0.3 is 0 Å². The first-order valence-corrected chi connectivity index (χ1v) is 8.11. The third kappa shape index (κ3) is 3.89. The second kappa shape index (κ2) is 5.57. The fourth-order valence-corrected chi connectivity index (χ4v) is 2.82. The minimum atomic E-state index is -3.55. The molecule has 2 rings (SSSR count). The number of sulfonamides is 1. The van der Waals surface area contributed by atoms with Crippen LogP contribution in [0.3, 0.4) is 0 Å². The number of benzene rings is 1. The van der Waals surface area contributed by atoms with E-state index in [4.69, 9.17) is 0 Å². The molecule has 1 N–H and O–H groups in total. The third-order valence-corrected chi connectivity index (χ3v) is 4.52. The molecule has 0 aliphatic carbocycles. The van der Waals surface area contributed by atoms with Crippen LogP contribution in [-0.2, 0) is 29.0 Å². The summed E-state index contributed by atoms with van der Waals surface area (Å²) in [6.07, 6.45) is 1.53. The van der Waals surface area contributed by atoms with E-state index in [1.54, 1.807) is 19.2 Å². The molecular formula is C14H20N4O2S. The summed E-state index contributed by atoms with van der Waals surface area (Å²) in [4.78, 5) is 4.23. The molecule has 0 spiro atoms. The molecule has 1 aromatic carbocycles. The van der Waals surface area contributed by atoms with Gasteiger partial charge in [-0.1, -0.05) is 32.9 Å². The van der Waals surface area contributed by atoms with Crippen LogP contribution in [0.1, 0.15) is 32.2 Å². The van der Waals surface area contributed by atoms with Crippen molar-refractivity contribution >= 4 is 10.0 Å². The van der Waals surface area contributed by atoms with Gasteiger partial charge in [-0.15, -0.1) is 0 Å². The van der Waals surface area contributed by atoms with Gasteiger partial charge in [-0.3, -0.25) is 4.68 Å². The molecule has 0 amide bonds. The van der Waals surface area contributed by atoms with E-state index < -0.39 is 10.0 Å². The molecule has 0 unspecified atom stereocenters. The highest BCUT2D eigenvalue weighted by molar-refractivity contribution is 7.89. The first-order chi connectivity index (χ1) is 9.68.